The number of nitrogens with two attached hydrogens (primary N) is 1. The molecule has 0 aliphatic rings. The van der Waals surface area contributed by atoms with Crippen LogP contribution in [0.25, 0.3) is 11.1 Å². The zero-order chi connectivity index (χ0) is 13.4. The van der Waals surface area contributed by atoms with Gasteiger partial charge in [-0.1, -0.05) is 0 Å². The van der Waals surface area contributed by atoms with E-state index in [4.69, 9.17) is 14.9 Å². The Morgan fingerprint density at radius 2 is 1.95 bits per heavy atom. The fourth-order valence-electron chi connectivity index (χ4n) is 2.00. The molecule has 3 rings (SSSR count). The van der Waals surface area contributed by atoms with Crippen molar-refractivity contribution < 1.29 is 9.15 Å². The number of hydrogen-bond acceptors (Lipinski definition) is 4. The topological polar surface area (TPSA) is 61.3 Å². The Labute approximate surface area is 110 Å². The summed E-state index contributed by atoms with van der Waals surface area (Å²) in [7, 11) is 0. The van der Waals surface area contributed by atoms with E-state index in [-0.39, 0.29) is 0 Å². The van der Waals surface area contributed by atoms with Gasteiger partial charge in [0.1, 0.15) is 17.0 Å². The Morgan fingerprint density at radius 1 is 1.11 bits per heavy atom. The van der Waals surface area contributed by atoms with Gasteiger partial charge in [0.15, 0.2) is 11.5 Å². The summed E-state index contributed by atoms with van der Waals surface area (Å²) in [4.78, 5) is 4.29. The second kappa shape index (κ2) is 4.31. The van der Waals surface area contributed by atoms with Crippen molar-refractivity contribution in [2.45, 2.75) is 13.8 Å². The van der Waals surface area contributed by atoms with Gasteiger partial charge in [0.25, 0.3) is 0 Å². The predicted octanol–water partition coefficient (Wildman–Crippen LogP) is 3.82. The van der Waals surface area contributed by atoms with Crippen molar-refractivity contribution in [3.8, 4) is 11.5 Å². The summed E-state index contributed by atoms with van der Waals surface area (Å²) in [5.41, 5.74) is 9.00. The minimum absolute atomic E-state index is 0.649. The molecule has 0 unspecified atom stereocenters. The molecule has 0 bridgehead atoms. The van der Waals surface area contributed by atoms with E-state index in [0.717, 1.165) is 33.8 Å². The van der Waals surface area contributed by atoms with Crippen LogP contribution in [-0.2, 0) is 0 Å². The molecule has 1 heterocycles. The highest BCUT2D eigenvalue weighted by atomic mass is 16.5. The van der Waals surface area contributed by atoms with Crippen LogP contribution in [0.4, 0.5) is 5.69 Å². The van der Waals surface area contributed by atoms with Crippen molar-refractivity contribution in [2.24, 2.45) is 0 Å². The second-order valence-corrected chi connectivity index (χ2v) is 4.49. The number of benzene rings is 2. The summed E-state index contributed by atoms with van der Waals surface area (Å²) < 4.78 is 11.3. The van der Waals surface area contributed by atoms with Gasteiger partial charge in [0.2, 0.25) is 0 Å². The first-order valence-corrected chi connectivity index (χ1v) is 6.03. The summed E-state index contributed by atoms with van der Waals surface area (Å²) in [5.74, 6) is 2.17. The molecule has 1 aromatic heterocycles. The van der Waals surface area contributed by atoms with Crippen LogP contribution < -0.4 is 10.5 Å². The lowest BCUT2D eigenvalue weighted by atomic mass is 10.2. The Morgan fingerprint density at radius 3 is 2.74 bits per heavy atom. The number of nitrogen functional groups attached to an aromatic ring is 1. The van der Waals surface area contributed by atoms with Crippen LogP contribution in [0.15, 0.2) is 40.8 Å². The fraction of sp³-hybridized carbons (Fsp3) is 0.133. The molecule has 0 spiro atoms. The predicted molar refractivity (Wildman–Crippen MR) is 74.4 cm³/mol. The van der Waals surface area contributed by atoms with Crippen LogP contribution in [0.2, 0.25) is 0 Å². The van der Waals surface area contributed by atoms with Gasteiger partial charge in [-0.15, -0.1) is 0 Å². The van der Waals surface area contributed by atoms with Crippen LogP contribution in [0, 0.1) is 13.8 Å². The summed E-state index contributed by atoms with van der Waals surface area (Å²) in [5, 5.41) is 0. The van der Waals surface area contributed by atoms with Gasteiger partial charge in [-0.05, 0) is 42.8 Å². The van der Waals surface area contributed by atoms with E-state index in [2.05, 4.69) is 4.98 Å². The quantitative estimate of drug-likeness (QED) is 0.706. The van der Waals surface area contributed by atoms with Crippen LogP contribution in [0.1, 0.15) is 11.5 Å². The third kappa shape index (κ3) is 2.25. The third-order valence-corrected chi connectivity index (χ3v) is 2.89. The zero-order valence-corrected chi connectivity index (χ0v) is 10.8. The van der Waals surface area contributed by atoms with Crippen LogP contribution in [0.5, 0.6) is 11.5 Å². The summed E-state index contributed by atoms with van der Waals surface area (Å²) in [6, 6.07) is 11.2. The van der Waals surface area contributed by atoms with E-state index in [0.29, 0.717) is 5.89 Å². The van der Waals surface area contributed by atoms with Crippen molar-refractivity contribution in [3.63, 3.8) is 0 Å². The molecule has 4 nitrogen and oxygen atoms in total. The van der Waals surface area contributed by atoms with E-state index >= 15 is 0 Å². The van der Waals surface area contributed by atoms with Crippen molar-refractivity contribution in [1.82, 2.24) is 4.98 Å². The normalized spacial score (nSPS) is 10.8. The number of aromatic nitrogens is 1. The first kappa shape index (κ1) is 11.6. The Bertz CT molecular complexity index is 747. The molecule has 19 heavy (non-hydrogen) atoms. The average Bonchev–Trinajstić information content (AvgIpc) is 2.72. The number of fused-ring (bicyclic) bond motifs is 1. The van der Waals surface area contributed by atoms with Gasteiger partial charge >= 0.3 is 0 Å². The van der Waals surface area contributed by atoms with Gasteiger partial charge < -0.3 is 14.9 Å². The maximum absolute atomic E-state index is 5.84. The Hall–Kier alpha value is -2.49. The van der Waals surface area contributed by atoms with Gasteiger partial charge in [-0.3, -0.25) is 0 Å². The van der Waals surface area contributed by atoms with Gasteiger partial charge in [0.05, 0.1) is 0 Å². The van der Waals surface area contributed by atoms with Crippen LogP contribution >= 0.6 is 0 Å². The Balaban J connectivity index is 1.96. The highest BCUT2D eigenvalue weighted by molar-refractivity contribution is 5.74. The first-order chi connectivity index (χ1) is 9.11. The SMILES string of the molecule is Cc1nc2cc(Oc3ccc(N)cc3C)ccc2o1. The van der Waals surface area contributed by atoms with E-state index < -0.39 is 0 Å². The monoisotopic (exact) mass is 254 g/mol. The number of hydrogen-bond donors (Lipinski definition) is 1. The minimum atomic E-state index is 0.649. The zero-order valence-electron chi connectivity index (χ0n) is 10.8. The maximum Gasteiger partial charge on any atom is 0.192 e. The molecule has 0 fully saturated rings. The molecule has 2 aromatic carbocycles. The standard InChI is InChI=1S/C15H14N2O2/c1-9-7-11(16)3-5-14(9)19-12-4-6-15-13(8-12)17-10(2)18-15/h3-8H,16H2,1-2H3. The largest absolute Gasteiger partial charge is 0.457 e. The van der Waals surface area contributed by atoms with E-state index in [1.807, 2.05) is 50.2 Å². The van der Waals surface area contributed by atoms with E-state index in [9.17, 15) is 0 Å². The Kier molecular flexibility index (Phi) is 2.63. The molecule has 96 valence electrons. The van der Waals surface area contributed by atoms with E-state index in [1.54, 1.807) is 0 Å². The molecule has 4 heteroatoms. The molecule has 0 aliphatic heterocycles. The van der Waals surface area contributed by atoms with Crippen LogP contribution in [-0.4, -0.2) is 4.98 Å². The lowest BCUT2D eigenvalue weighted by Gasteiger charge is -2.08. The smallest absolute Gasteiger partial charge is 0.192 e. The minimum Gasteiger partial charge on any atom is -0.457 e. The second-order valence-electron chi connectivity index (χ2n) is 4.49. The average molecular weight is 254 g/mol. The number of anilines is 1. The number of nitrogens with zero attached hydrogens (tertiary/aromatic N) is 1. The van der Waals surface area contributed by atoms with E-state index in [1.165, 1.54) is 0 Å². The number of ether oxygens (including phenoxy) is 1. The molecule has 0 atom stereocenters. The maximum atomic E-state index is 5.84. The van der Waals surface area contributed by atoms with Gasteiger partial charge in [-0.2, -0.15) is 0 Å². The molecule has 3 aromatic rings. The summed E-state index contributed by atoms with van der Waals surface area (Å²) in [6.07, 6.45) is 0. The molecule has 0 amide bonds. The number of oxazole rings is 1. The molecular weight excluding hydrogens is 240 g/mol. The molecule has 0 saturated carbocycles. The summed E-state index contributed by atoms with van der Waals surface area (Å²) >= 11 is 0. The molecule has 0 saturated heterocycles. The van der Waals surface area contributed by atoms with Gasteiger partial charge in [0, 0.05) is 18.7 Å². The molecule has 0 aliphatic carbocycles. The lowest BCUT2D eigenvalue weighted by Crippen LogP contribution is -1.90. The molecular formula is C15H14N2O2. The number of aryl methyl sites for hydroxylation is 2. The van der Waals surface area contributed by atoms with Crippen molar-refractivity contribution in [1.29, 1.82) is 0 Å². The third-order valence-electron chi connectivity index (χ3n) is 2.89. The van der Waals surface area contributed by atoms with Gasteiger partial charge in [-0.25, -0.2) is 4.98 Å². The highest BCUT2D eigenvalue weighted by Crippen LogP contribution is 2.28. The molecule has 0 radical (unpaired) electrons. The lowest BCUT2D eigenvalue weighted by molar-refractivity contribution is 0.479. The number of rotatable bonds is 2. The van der Waals surface area contributed by atoms with Crippen LogP contribution in [0.3, 0.4) is 0 Å². The molecule has 2 N–H and O–H groups in total. The fourth-order valence-corrected chi connectivity index (χ4v) is 2.00. The van der Waals surface area contributed by atoms with Crippen molar-refractivity contribution >= 4 is 16.8 Å². The summed E-state index contributed by atoms with van der Waals surface area (Å²) in [6.45, 7) is 3.79. The first-order valence-electron chi connectivity index (χ1n) is 6.03. The van der Waals surface area contributed by atoms with Crippen molar-refractivity contribution in [2.75, 3.05) is 5.73 Å². The van der Waals surface area contributed by atoms with Crippen molar-refractivity contribution in [3.05, 3.63) is 47.9 Å². The highest BCUT2D eigenvalue weighted by Gasteiger charge is 2.06.